The second-order valence-electron chi connectivity index (χ2n) is 12.0. The third-order valence-electron chi connectivity index (χ3n) is 8.21. The van der Waals surface area contributed by atoms with Gasteiger partial charge in [-0.1, -0.05) is 6.42 Å². The minimum Gasteiger partial charge on any atom is -0.388 e. The molecule has 0 bridgehead atoms. The van der Waals surface area contributed by atoms with Gasteiger partial charge in [-0.3, -0.25) is 29.6 Å². The van der Waals surface area contributed by atoms with Crippen molar-refractivity contribution < 1.29 is 14.4 Å². The number of aromatic amines is 1. The fraction of sp³-hybridized carbons (Fsp3) is 0.333. The van der Waals surface area contributed by atoms with E-state index in [1.807, 2.05) is 30.5 Å². The molecule has 3 amide bonds. The lowest BCUT2D eigenvalue weighted by Crippen LogP contribution is -2.29. The zero-order chi connectivity index (χ0) is 35.4. The molecule has 4 heterocycles. The highest BCUT2D eigenvalue weighted by Crippen LogP contribution is 2.25. The van der Waals surface area contributed by atoms with Crippen LogP contribution in [0.4, 0.5) is 11.4 Å². The van der Waals surface area contributed by atoms with Crippen molar-refractivity contribution in [1.29, 1.82) is 5.41 Å². The van der Waals surface area contributed by atoms with Crippen LogP contribution < -0.4 is 32.9 Å². The summed E-state index contributed by atoms with van der Waals surface area (Å²) in [5.74, 6) is -0.781. The monoisotopic (exact) mass is 705 g/mol. The summed E-state index contributed by atoms with van der Waals surface area (Å²) in [6.07, 6.45) is 5.69. The number of amides is 3. The lowest BCUT2D eigenvalue weighted by atomic mass is 10.1. The van der Waals surface area contributed by atoms with E-state index < -0.39 is 17.2 Å². The molecule has 50 heavy (non-hydrogen) atoms. The van der Waals surface area contributed by atoms with Crippen molar-refractivity contribution in [1.82, 2.24) is 34.0 Å². The summed E-state index contributed by atoms with van der Waals surface area (Å²) in [6, 6.07) is 7.00. The number of aryl methyl sites for hydroxylation is 5. The van der Waals surface area contributed by atoms with Gasteiger partial charge >= 0.3 is 5.69 Å². The van der Waals surface area contributed by atoms with Gasteiger partial charge in [0.05, 0.1) is 28.2 Å². The molecule has 0 atom stereocenters. The topological polar surface area (TPSA) is 228 Å². The van der Waals surface area contributed by atoms with Crippen molar-refractivity contribution in [2.75, 3.05) is 17.2 Å². The Hall–Kier alpha value is -5.77. The van der Waals surface area contributed by atoms with Crippen molar-refractivity contribution in [3.63, 3.8) is 0 Å². The number of nitrogens with one attached hydrogen (secondary N) is 5. The number of aromatic nitrogens is 6. The summed E-state index contributed by atoms with van der Waals surface area (Å²) in [6.45, 7) is 4.65. The molecule has 5 rings (SSSR count). The van der Waals surface area contributed by atoms with Crippen LogP contribution in [0.25, 0.3) is 22.6 Å². The number of benzene rings is 1. The number of H-pyrrole nitrogens is 1. The molecule has 0 fully saturated rings. The van der Waals surface area contributed by atoms with Crippen LogP contribution in [0.15, 0.2) is 46.2 Å². The number of carbonyl (C=O) groups excluding carboxylic acids is 3. The van der Waals surface area contributed by atoms with E-state index in [1.165, 1.54) is 0 Å². The van der Waals surface area contributed by atoms with E-state index in [9.17, 15) is 24.0 Å². The van der Waals surface area contributed by atoms with Crippen molar-refractivity contribution in [3.05, 3.63) is 80.0 Å². The molecule has 2 aromatic heterocycles. The van der Waals surface area contributed by atoms with Crippen molar-refractivity contribution in [2.24, 2.45) is 19.8 Å². The van der Waals surface area contributed by atoms with Crippen LogP contribution in [0, 0.1) is 19.3 Å². The molecule has 0 saturated carbocycles. The molecule has 1 aromatic carbocycles. The van der Waals surface area contributed by atoms with Gasteiger partial charge in [-0.15, -0.1) is 12.4 Å². The Balaban J connectivity index is 0.00000562. The first-order chi connectivity index (χ1) is 23.3. The smallest absolute Gasteiger partial charge is 0.349 e. The number of rotatable bonds is 13. The number of halogens is 1. The Labute approximate surface area is 292 Å². The molecule has 17 heteroatoms. The summed E-state index contributed by atoms with van der Waals surface area (Å²) in [5, 5.41) is 15.6. The highest BCUT2D eigenvalue weighted by Gasteiger charge is 2.20. The normalized spacial score (nSPS) is 11.0. The Morgan fingerprint density at radius 2 is 1.50 bits per heavy atom. The first-order valence-corrected chi connectivity index (χ1v) is 15.8. The van der Waals surface area contributed by atoms with Crippen LogP contribution in [0.5, 0.6) is 0 Å². The molecule has 264 valence electrons. The third-order valence-corrected chi connectivity index (χ3v) is 8.21. The fourth-order valence-electron chi connectivity index (χ4n) is 5.55. The van der Waals surface area contributed by atoms with Crippen molar-refractivity contribution in [3.8, 4) is 11.5 Å². The number of nitrogens with two attached hydrogens (primary N) is 1. The van der Waals surface area contributed by atoms with Gasteiger partial charge in [-0.2, -0.15) is 4.98 Å². The van der Waals surface area contributed by atoms with Crippen molar-refractivity contribution >= 4 is 58.4 Å². The highest BCUT2D eigenvalue weighted by atomic mass is 35.5. The number of carbonyl (C=O) groups is 3. The van der Waals surface area contributed by atoms with Gasteiger partial charge in [0.15, 0.2) is 11.5 Å². The third kappa shape index (κ3) is 8.44. The zero-order valence-corrected chi connectivity index (χ0v) is 29.0. The average molecular weight is 706 g/mol. The summed E-state index contributed by atoms with van der Waals surface area (Å²) in [7, 11) is 3.37. The van der Waals surface area contributed by atoms with E-state index in [4.69, 9.17) is 11.1 Å². The molecule has 3 aromatic rings. The van der Waals surface area contributed by atoms with Crippen LogP contribution in [-0.2, 0) is 25.4 Å². The minimum absolute atomic E-state index is 0. The molecule has 0 aliphatic carbocycles. The standard InChI is InChI=1S/C33H39N11O5.ClH/c1-18-12-22-23(13-19(18)2)44(29-28(39-22)32(48)41-33(49)40-29)11-7-5-6-8-27(45)37-20-14-25(43(4)16-20)31(47)38-21-15-24(42(3)17-21)30(46)36-10-9-26(34)35;/h12-17H,5-11H2,1-4H3,(H3,34,35)(H,36,46)(H,37,45)(H,38,47)(H,41,48,49);1H. The van der Waals surface area contributed by atoms with Gasteiger partial charge in [0.2, 0.25) is 5.91 Å². The average Bonchev–Trinajstić information content (AvgIpc) is 3.58. The van der Waals surface area contributed by atoms with Gasteiger partial charge in [-0.25, -0.2) is 9.78 Å². The van der Waals surface area contributed by atoms with E-state index in [-0.39, 0.29) is 61.0 Å². The second-order valence-corrected chi connectivity index (χ2v) is 12.0. The predicted octanol–water partition coefficient (Wildman–Crippen LogP) is 2.81. The van der Waals surface area contributed by atoms with E-state index >= 15 is 0 Å². The van der Waals surface area contributed by atoms with E-state index in [2.05, 4.69) is 30.9 Å². The second kappa shape index (κ2) is 15.6. The summed E-state index contributed by atoms with van der Waals surface area (Å²) >= 11 is 0. The first kappa shape index (κ1) is 37.1. The maximum atomic E-state index is 13.0. The number of anilines is 2. The lowest BCUT2D eigenvalue weighted by Gasteiger charge is -2.17. The minimum atomic E-state index is -0.730. The molecule has 0 unspecified atom stereocenters. The van der Waals surface area contributed by atoms with Crippen LogP contribution in [-0.4, -0.2) is 58.8 Å². The van der Waals surface area contributed by atoms with Gasteiger partial charge < -0.3 is 35.4 Å². The lowest BCUT2D eigenvalue weighted by molar-refractivity contribution is -0.116. The van der Waals surface area contributed by atoms with E-state index in [1.54, 1.807) is 47.8 Å². The molecule has 0 radical (unpaired) electrons. The van der Waals surface area contributed by atoms with Crippen LogP contribution in [0.3, 0.4) is 0 Å². The summed E-state index contributed by atoms with van der Waals surface area (Å²) in [5.41, 5.74) is 9.12. The molecule has 0 saturated heterocycles. The fourth-order valence-corrected chi connectivity index (χ4v) is 5.55. The maximum Gasteiger partial charge on any atom is 0.349 e. The van der Waals surface area contributed by atoms with E-state index in [0.717, 1.165) is 16.6 Å². The molecular weight excluding hydrogens is 666 g/mol. The van der Waals surface area contributed by atoms with E-state index in [0.29, 0.717) is 54.1 Å². The van der Waals surface area contributed by atoms with Crippen LogP contribution in [0.1, 0.15) is 64.2 Å². The predicted molar refractivity (Wildman–Crippen MR) is 193 cm³/mol. The number of fused-ring (bicyclic) bond motifs is 2. The number of hydrogen-bond acceptors (Lipinski definition) is 8. The summed E-state index contributed by atoms with van der Waals surface area (Å²) in [4.78, 5) is 73.5. The molecule has 7 N–H and O–H groups in total. The number of unbranched alkanes of at least 4 members (excludes halogenated alkanes) is 2. The highest BCUT2D eigenvalue weighted by molar-refractivity contribution is 6.05. The molecule has 0 spiro atoms. The van der Waals surface area contributed by atoms with Gasteiger partial charge in [-0.05, 0) is 62.1 Å². The molecule has 16 nitrogen and oxygen atoms in total. The van der Waals surface area contributed by atoms with Gasteiger partial charge in [0.1, 0.15) is 11.4 Å². The van der Waals surface area contributed by atoms with Crippen LogP contribution in [0.2, 0.25) is 0 Å². The first-order valence-electron chi connectivity index (χ1n) is 15.8. The Morgan fingerprint density at radius 1 is 0.860 bits per heavy atom. The SMILES string of the molecule is Cc1cc2nc3c(=O)[nH]c(=O)nc-3n(CCCCCC(=O)Nc3cc(C(=O)Nc4cc(C(=O)NCCC(=N)N)n(C)c4)n(C)c3)c2cc1C.Cl. The maximum absolute atomic E-state index is 13.0. The molecule has 2 aliphatic rings. The van der Waals surface area contributed by atoms with Gasteiger partial charge in [0.25, 0.3) is 17.4 Å². The Bertz CT molecular complexity index is 2180. The Morgan fingerprint density at radius 3 is 2.18 bits per heavy atom. The largest absolute Gasteiger partial charge is 0.388 e. The Kier molecular flexibility index (Phi) is 11.6. The number of amidine groups is 1. The van der Waals surface area contributed by atoms with Gasteiger partial charge in [0, 0.05) is 52.4 Å². The number of hydrogen-bond donors (Lipinski definition) is 6. The van der Waals surface area contributed by atoms with Crippen molar-refractivity contribution in [2.45, 2.75) is 52.5 Å². The summed E-state index contributed by atoms with van der Waals surface area (Å²) < 4.78 is 5.02. The van der Waals surface area contributed by atoms with Crippen LogP contribution >= 0.6 is 12.4 Å². The number of nitrogens with zero attached hydrogens (tertiary/aromatic N) is 5. The molecular formula is C33H40ClN11O5. The quantitative estimate of drug-likeness (QED) is 0.0461. The molecule has 2 aliphatic heterocycles. The zero-order valence-electron chi connectivity index (χ0n) is 28.2.